The van der Waals surface area contributed by atoms with Crippen LogP contribution in [0.3, 0.4) is 0 Å². The number of allylic oxidation sites excluding steroid dienone is 1. The van der Waals surface area contributed by atoms with Gasteiger partial charge in [-0.15, -0.1) is 0 Å². The number of rotatable bonds is 4. The Hall–Kier alpha value is -2.75. The number of fused-ring (bicyclic) bond motifs is 1. The zero-order valence-corrected chi connectivity index (χ0v) is 16.2. The fourth-order valence-corrected chi connectivity index (χ4v) is 4.96. The van der Waals surface area contributed by atoms with E-state index in [-0.39, 0.29) is 14.7 Å². The number of nitrogens with one attached hydrogen (secondary N) is 1. The van der Waals surface area contributed by atoms with Crippen molar-refractivity contribution in [2.75, 3.05) is 4.83 Å². The third-order valence-electron chi connectivity index (χ3n) is 3.92. The highest BCUT2D eigenvalue weighted by Crippen LogP contribution is 2.35. The van der Waals surface area contributed by atoms with Gasteiger partial charge in [0.25, 0.3) is 10.0 Å². The number of para-hydroxylation sites is 1. The van der Waals surface area contributed by atoms with Gasteiger partial charge in [0.2, 0.25) is 5.88 Å². The van der Waals surface area contributed by atoms with Crippen molar-refractivity contribution >= 4 is 57.1 Å². The second-order valence-electron chi connectivity index (χ2n) is 5.67. The SMILES string of the molecule is O=S(=O)(Nn1c(O)c(C=C2C=Nc3ccccc32)sc1=S)c1ccccc1. The van der Waals surface area contributed by atoms with Crippen LogP contribution in [0.4, 0.5) is 5.69 Å². The maximum Gasteiger partial charge on any atom is 0.275 e. The first-order valence-corrected chi connectivity index (χ1v) is 10.5. The topological polar surface area (TPSA) is 83.7 Å². The van der Waals surface area contributed by atoms with Crippen LogP contribution in [0.15, 0.2) is 64.5 Å². The van der Waals surface area contributed by atoms with Gasteiger partial charge in [-0.3, -0.25) is 4.99 Å². The van der Waals surface area contributed by atoms with E-state index in [0.29, 0.717) is 4.88 Å². The molecule has 0 radical (unpaired) electrons. The van der Waals surface area contributed by atoms with E-state index in [1.54, 1.807) is 30.5 Å². The normalized spacial score (nSPS) is 14.4. The third kappa shape index (κ3) is 3.32. The molecule has 2 N–H and O–H groups in total. The summed E-state index contributed by atoms with van der Waals surface area (Å²) in [6.45, 7) is 0. The van der Waals surface area contributed by atoms with Gasteiger partial charge in [-0.2, -0.15) is 13.1 Å². The number of hydrogen-bond donors (Lipinski definition) is 2. The van der Waals surface area contributed by atoms with E-state index in [1.807, 2.05) is 24.3 Å². The Morgan fingerprint density at radius 3 is 2.59 bits per heavy atom. The van der Waals surface area contributed by atoms with Gasteiger partial charge in [-0.1, -0.05) is 47.7 Å². The van der Waals surface area contributed by atoms with Gasteiger partial charge >= 0.3 is 0 Å². The summed E-state index contributed by atoms with van der Waals surface area (Å²) in [4.78, 5) is 7.15. The largest absolute Gasteiger partial charge is 0.492 e. The van der Waals surface area contributed by atoms with Gasteiger partial charge in [0.05, 0.1) is 15.5 Å². The molecule has 9 heteroatoms. The van der Waals surface area contributed by atoms with Crippen LogP contribution in [-0.2, 0) is 10.0 Å². The second kappa shape index (κ2) is 6.76. The molecule has 4 rings (SSSR count). The number of aromatic hydroxyl groups is 1. The molecule has 0 fully saturated rings. The third-order valence-corrected chi connectivity index (χ3v) is 6.55. The van der Waals surface area contributed by atoms with Crippen LogP contribution < -0.4 is 4.83 Å². The zero-order chi connectivity index (χ0) is 19.0. The van der Waals surface area contributed by atoms with Crippen molar-refractivity contribution in [1.82, 2.24) is 4.68 Å². The van der Waals surface area contributed by atoms with Crippen molar-refractivity contribution in [3.63, 3.8) is 0 Å². The minimum atomic E-state index is -3.87. The lowest BCUT2D eigenvalue weighted by Gasteiger charge is -2.09. The summed E-state index contributed by atoms with van der Waals surface area (Å²) >= 11 is 6.33. The average Bonchev–Trinajstić information content (AvgIpc) is 3.19. The Bertz CT molecular complexity index is 1240. The maximum absolute atomic E-state index is 12.5. The number of thiazole rings is 1. The first-order valence-electron chi connectivity index (χ1n) is 7.83. The Labute approximate surface area is 164 Å². The standard InChI is InChI=1S/C18H13N3O3S3/c22-17-16(10-12-11-19-15-9-5-4-8-14(12)15)26-18(25)21(17)20-27(23,24)13-6-2-1-3-7-13/h1-11,20,22H. The molecule has 0 bridgehead atoms. The molecule has 0 amide bonds. The van der Waals surface area contributed by atoms with E-state index in [0.717, 1.165) is 32.8 Å². The first kappa shape index (κ1) is 17.7. The number of aromatic nitrogens is 1. The van der Waals surface area contributed by atoms with Crippen LogP contribution in [0.25, 0.3) is 11.6 Å². The highest BCUT2D eigenvalue weighted by Gasteiger charge is 2.19. The molecule has 136 valence electrons. The number of benzene rings is 2. The van der Waals surface area contributed by atoms with Gasteiger partial charge in [-0.25, -0.2) is 4.83 Å². The maximum atomic E-state index is 12.5. The molecule has 6 nitrogen and oxygen atoms in total. The molecule has 0 saturated carbocycles. The van der Waals surface area contributed by atoms with Crippen LogP contribution in [0.2, 0.25) is 0 Å². The van der Waals surface area contributed by atoms with Crippen molar-refractivity contribution < 1.29 is 13.5 Å². The van der Waals surface area contributed by atoms with Crippen LogP contribution in [0.5, 0.6) is 5.88 Å². The van der Waals surface area contributed by atoms with Crippen molar-refractivity contribution in [2.24, 2.45) is 4.99 Å². The number of aliphatic imine (C=N–C) groups is 1. The molecule has 1 aliphatic rings. The Morgan fingerprint density at radius 2 is 1.81 bits per heavy atom. The number of sulfonamides is 1. The second-order valence-corrected chi connectivity index (χ2v) is 9.01. The average molecular weight is 416 g/mol. The van der Waals surface area contributed by atoms with Crippen LogP contribution in [0, 0.1) is 3.95 Å². The van der Waals surface area contributed by atoms with E-state index >= 15 is 0 Å². The number of nitrogens with zero attached hydrogens (tertiary/aromatic N) is 2. The molecule has 2 aromatic carbocycles. The summed E-state index contributed by atoms with van der Waals surface area (Å²) in [5.74, 6) is -0.269. The quantitative estimate of drug-likeness (QED) is 0.627. The highest BCUT2D eigenvalue weighted by molar-refractivity contribution is 7.92. The smallest absolute Gasteiger partial charge is 0.275 e. The summed E-state index contributed by atoms with van der Waals surface area (Å²) in [6, 6.07) is 15.5. The lowest BCUT2D eigenvalue weighted by atomic mass is 10.1. The van der Waals surface area contributed by atoms with Gasteiger partial charge in [-0.05, 0) is 36.5 Å². The molecule has 0 spiro atoms. The molecule has 27 heavy (non-hydrogen) atoms. The molecule has 2 heterocycles. The van der Waals surface area contributed by atoms with E-state index in [9.17, 15) is 13.5 Å². The summed E-state index contributed by atoms with van der Waals surface area (Å²) in [7, 11) is -3.87. The first-order chi connectivity index (χ1) is 13.0. The summed E-state index contributed by atoms with van der Waals surface area (Å²) in [5.41, 5.74) is 2.60. The molecule has 0 unspecified atom stereocenters. The molecular formula is C18H13N3O3S3. The lowest BCUT2D eigenvalue weighted by molar-refractivity contribution is 0.434. The highest BCUT2D eigenvalue weighted by atomic mass is 32.2. The minimum Gasteiger partial charge on any atom is -0.492 e. The molecule has 1 aromatic heterocycles. The zero-order valence-electron chi connectivity index (χ0n) is 13.7. The van der Waals surface area contributed by atoms with Gasteiger partial charge in [0.1, 0.15) is 0 Å². The fraction of sp³-hybridized carbons (Fsp3) is 0. The molecular weight excluding hydrogens is 402 g/mol. The Balaban J connectivity index is 1.71. The van der Waals surface area contributed by atoms with Gasteiger partial charge < -0.3 is 5.11 Å². The van der Waals surface area contributed by atoms with E-state index in [2.05, 4.69) is 9.82 Å². The number of hydrogen-bond acceptors (Lipinski definition) is 6. The molecule has 3 aromatic rings. The monoisotopic (exact) mass is 415 g/mol. The Kier molecular flexibility index (Phi) is 4.42. The van der Waals surface area contributed by atoms with E-state index in [1.165, 1.54) is 12.1 Å². The molecule has 0 saturated heterocycles. The van der Waals surface area contributed by atoms with Gasteiger partial charge in [0, 0.05) is 17.4 Å². The van der Waals surface area contributed by atoms with Crippen LogP contribution in [-0.4, -0.2) is 24.4 Å². The summed E-state index contributed by atoms with van der Waals surface area (Å²) in [5, 5.41) is 10.5. The Morgan fingerprint density at radius 1 is 1.11 bits per heavy atom. The van der Waals surface area contributed by atoms with E-state index in [4.69, 9.17) is 12.2 Å². The van der Waals surface area contributed by atoms with Gasteiger partial charge in [0.15, 0.2) is 3.95 Å². The van der Waals surface area contributed by atoms with Crippen LogP contribution >= 0.6 is 23.6 Å². The van der Waals surface area contributed by atoms with Crippen LogP contribution in [0.1, 0.15) is 10.4 Å². The predicted octanol–water partition coefficient (Wildman–Crippen LogP) is 4.17. The molecule has 1 aliphatic heterocycles. The van der Waals surface area contributed by atoms with Crippen molar-refractivity contribution in [3.05, 3.63) is 69.0 Å². The molecule has 0 atom stereocenters. The molecule has 0 aliphatic carbocycles. The van der Waals surface area contributed by atoms with Crippen molar-refractivity contribution in [2.45, 2.75) is 4.90 Å². The van der Waals surface area contributed by atoms with E-state index < -0.39 is 10.0 Å². The van der Waals surface area contributed by atoms with Crippen molar-refractivity contribution in [1.29, 1.82) is 0 Å². The fourth-order valence-electron chi connectivity index (χ4n) is 2.62. The van der Waals surface area contributed by atoms with Crippen molar-refractivity contribution in [3.8, 4) is 5.88 Å². The summed E-state index contributed by atoms with van der Waals surface area (Å²) < 4.78 is 26.2. The summed E-state index contributed by atoms with van der Waals surface area (Å²) in [6.07, 6.45) is 3.43. The minimum absolute atomic E-state index is 0.0780. The predicted molar refractivity (Wildman–Crippen MR) is 110 cm³/mol. The lowest BCUT2D eigenvalue weighted by Crippen LogP contribution is -2.22.